The monoisotopic (exact) mass is 652 g/mol. The van der Waals surface area contributed by atoms with E-state index >= 15 is 0 Å². The zero-order valence-corrected chi connectivity index (χ0v) is 27.8. The van der Waals surface area contributed by atoms with Gasteiger partial charge in [0.15, 0.2) is 5.78 Å². The number of nitrogens with zero attached hydrogens (tertiary/aromatic N) is 4. The molecule has 2 aromatic heterocycles. The Kier molecular flexibility index (Phi) is 8.05. The van der Waals surface area contributed by atoms with Crippen LogP contribution in [0.15, 0.2) is 91.0 Å². The number of hydrogen-bond donors (Lipinski definition) is 0. The molecule has 1 amide bonds. The number of likely N-dealkylation sites (tertiary alicyclic amines) is 1. The molecular weight excluding hydrogens is 616 g/mol. The Bertz CT molecular complexity index is 2190. The van der Waals surface area contributed by atoms with Crippen LogP contribution in [-0.4, -0.2) is 44.2 Å². The van der Waals surface area contributed by atoms with Gasteiger partial charge in [-0.05, 0) is 110 Å². The molecule has 0 radical (unpaired) electrons. The maximum absolute atomic E-state index is 13.4. The molecule has 6 aromatic rings. The summed E-state index contributed by atoms with van der Waals surface area (Å²) < 4.78 is 2.41. The third kappa shape index (κ3) is 5.68. The summed E-state index contributed by atoms with van der Waals surface area (Å²) in [7, 11) is 0. The first-order valence-corrected chi connectivity index (χ1v) is 17.4. The number of aromatic nitrogens is 3. The predicted octanol–water partition coefficient (Wildman–Crippen LogP) is 10.2. The standard InChI is InChI=1S/C41H37ClN4O2/c1-26(47)28-14-20-39-38(25-28)44-40(46(39)33-7-3-2-4-8-33)30-13-18-36-29(23-30)12-19-37(43-36)35-24-31(41(48)45-21-5-6-22-45)11-17-34(35)27-9-15-32(42)16-10-27/h9-20,23-25,33H,2-8,21-22H2,1H3. The number of carbonyl (C=O) groups excluding carboxylic acids is 2. The Balaban J connectivity index is 1.22. The van der Waals surface area contributed by atoms with Gasteiger partial charge in [0.1, 0.15) is 5.82 Å². The van der Waals surface area contributed by atoms with E-state index < -0.39 is 0 Å². The van der Waals surface area contributed by atoms with E-state index in [1.807, 2.05) is 65.6 Å². The number of pyridine rings is 1. The third-order valence-electron chi connectivity index (χ3n) is 10.1. The number of imidazole rings is 1. The molecule has 1 aliphatic carbocycles. The van der Waals surface area contributed by atoms with Gasteiger partial charge in [-0.15, -0.1) is 0 Å². The van der Waals surface area contributed by atoms with Gasteiger partial charge in [0.25, 0.3) is 5.91 Å². The molecule has 6 nitrogen and oxygen atoms in total. The number of carbonyl (C=O) groups is 2. The minimum Gasteiger partial charge on any atom is -0.339 e. The Morgan fingerprint density at radius 1 is 0.688 bits per heavy atom. The Hall–Kier alpha value is -4.81. The lowest BCUT2D eigenvalue weighted by Gasteiger charge is -2.25. The van der Waals surface area contributed by atoms with Gasteiger partial charge in [0.2, 0.25) is 0 Å². The number of rotatable bonds is 6. The second-order valence-corrected chi connectivity index (χ2v) is 13.7. The molecule has 0 atom stereocenters. The number of amides is 1. The highest BCUT2D eigenvalue weighted by Crippen LogP contribution is 2.38. The van der Waals surface area contributed by atoms with E-state index in [2.05, 4.69) is 34.9 Å². The van der Waals surface area contributed by atoms with Crippen molar-refractivity contribution in [2.24, 2.45) is 0 Å². The van der Waals surface area contributed by atoms with Crippen LogP contribution in [0.3, 0.4) is 0 Å². The minimum atomic E-state index is 0.0448. The summed E-state index contributed by atoms with van der Waals surface area (Å²) in [6, 6.07) is 30.6. The molecule has 3 heterocycles. The lowest BCUT2D eigenvalue weighted by Crippen LogP contribution is -2.27. The summed E-state index contributed by atoms with van der Waals surface area (Å²) in [5.74, 6) is 1.04. The van der Waals surface area contributed by atoms with Gasteiger partial charge in [-0.1, -0.05) is 55.1 Å². The highest BCUT2D eigenvalue weighted by atomic mass is 35.5. The van der Waals surface area contributed by atoms with Crippen molar-refractivity contribution in [2.45, 2.75) is 57.9 Å². The molecule has 1 saturated carbocycles. The van der Waals surface area contributed by atoms with Gasteiger partial charge in [-0.2, -0.15) is 0 Å². The lowest BCUT2D eigenvalue weighted by molar-refractivity contribution is 0.0792. The fraction of sp³-hybridized carbons (Fsp3) is 0.268. The molecule has 4 aromatic carbocycles. The van der Waals surface area contributed by atoms with Crippen LogP contribution >= 0.6 is 11.6 Å². The fourth-order valence-corrected chi connectivity index (χ4v) is 7.64. The first-order chi connectivity index (χ1) is 23.4. The maximum Gasteiger partial charge on any atom is 0.253 e. The number of ketones is 1. The summed E-state index contributed by atoms with van der Waals surface area (Å²) in [6.07, 6.45) is 8.04. The molecule has 7 heteroatoms. The predicted molar refractivity (Wildman–Crippen MR) is 194 cm³/mol. The topological polar surface area (TPSA) is 68.1 Å². The smallest absolute Gasteiger partial charge is 0.253 e. The van der Waals surface area contributed by atoms with Crippen LogP contribution in [0.1, 0.15) is 78.6 Å². The maximum atomic E-state index is 13.4. The Morgan fingerprint density at radius 3 is 2.21 bits per heavy atom. The highest BCUT2D eigenvalue weighted by Gasteiger charge is 2.24. The van der Waals surface area contributed by atoms with Gasteiger partial charge in [0.05, 0.1) is 22.2 Å². The van der Waals surface area contributed by atoms with Crippen LogP contribution in [0.5, 0.6) is 0 Å². The largest absolute Gasteiger partial charge is 0.339 e. The molecular formula is C41H37ClN4O2. The summed E-state index contributed by atoms with van der Waals surface area (Å²) in [6.45, 7) is 3.21. The normalized spacial score (nSPS) is 15.4. The average molecular weight is 653 g/mol. The van der Waals surface area contributed by atoms with Crippen LogP contribution in [0.4, 0.5) is 0 Å². The number of benzene rings is 4. The van der Waals surface area contributed by atoms with Crippen LogP contribution in [0.2, 0.25) is 5.02 Å². The zero-order valence-electron chi connectivity index (χ0n) is 27.1. The minimum absolute atomic E-state index is 0.0448. The number of fused-ring (bicyclic) bond motifs is 2. The molecule has 2 aliphatic rings. The molecule has 48 heavy (non-hydrogen) atoms. The third-order valence-corrected chi connectivity index (χ3v) is 10.3. The Morgan fingerprint density at radius 2 is 1.44 bits per heavy atom. The number of Topliss-reactive ketones (excluding diaryl/α,β-unsaturated/α-hetero) is 1. The number of hydrogen-bond acceptors (Lipinski definition) is 4. The van der Waals surface area contributed by atoms with Crippen molar-refractivity contribution in [2.75, 3.05) is 13.1 Å². The summed E-state index contributed by atoms with van der Waals surface area (Å²) >= 11 is 6.23. The molecule has 2 fully saturated rings. The highest BCUT2D eigenvalue weighted by molar-refractivity contribution is 6.30. The molecule has 8 rings (SSSR count). The van der Waals surface area contributed by atoms with Crippen molar-refractivity contribution < 1.29 is 9.59 Å². The van der Waals surface area contributed by atoms with Gasteiger partial charge in [0, 0.05) is 51.8 Å². The van der Waals surface area contributed by atoms with Crippen LogP contribution < -0.4 is 0 Å². The number of halogens is 1. The van der Waals surface area contributed by atoms with E-state index in [1.54, 1.807) is 6.92 Å². The SMILES string of the molecule is CC(=O)c1ccc2c(c1)nc(-c1ccc3nc(-c4cc(C(=O)N5CCCC5)ccc4-c4ccc(Cl)cc4)ccc3c1)n2C1CCCCC1. The molecule has 240 valence electrons. The first kappa shape index (κ1) is 30.5. The van der Waals surface area contributed by atoms with Gasteiger partial charge in [-0.25, -0.2) is 9.97 Å². The van der Waals surface area contributed by atoms with E-state index in [1.165, 1.54) is 19.3 Å². The molecule has 0 unspecified atom stereocenters. The van der Waals surface area contributed by atoms with Crippen molar-refractivity contribution >= 4 is 45.2 Å². The van der Waals surface area contributed by atoms with Gasteiger partial charge in [-0.3, -0.25) is 9.59 Å². The van der Waals surface area contributed by atoms with E-state index in [0.29, 0.717) is 22.2 Å². The quantitative estimate of drug-likeness (QED) is 0.168. The van der Waals surface area contributed by atoms with E-state index in [9.17, 15) is 9.59 Å². The summed E-state index contributed by atoms with van der Waals surface area (Å²) in [4.78, 5) is 37.8. The second-order valence-electron chi connectivity index (χ2n) is 13.2. The second kappa shape index (κ2) is 12.7. The van der Waals surface area contributed by atoms with Gasteiger partial charge >= 0.3 is 0 Å². The molecule has 0 N–H and O–H groups in total. The zero-order chi connectivity index (χ0) is 32.8. The lowest BCUT2D eigenvalue weighted by atomic mass is 9.94. The molecule has 1 aliphatic heterocycles. The summed E-state index contributed by atoms with van der Waals surface area (Å²) in [5, 5.41) is 1.69. The van der Waals surface area contributed by atoms with E-state index in [0.717, 1.165) is 94.5 Å². The molecule has 1 saturated heterocycles. The van der Waals surface area contributed by atoms with Crippen LogP contribution in [-0.2, 0) is 0 Å². The van der Waals surface area contributed by atoms with Crippen molar-refractivity contribution in [3.63, 3.8) is 0 Å². The van der Waals surface area contributed by atoms with Gasteiger partial charge < -0.3 is 9.47 Å². The van der Waals surface area contributed by atoms with Crippen molar-refractivity contribution in [1.82, 2.24) is 19.4 Å². The summed E-state index contributed by atoms with van der Waals surface area (Å²) in [5.41, 5.74) is 8.93. The van der Waals surface area contributed by atoms with Crippen LogP contribution in [0.25, 0.3) is 55.7 Å². The Labute approximate surface area is 285 Å². The van der Waals surface area contributed by atoms with E-state index in [-0.39, 0.29) is 11.7 Å². The average Bonchev–Trinajstić information content (AvgIpc) is 3.80. The van der Waals surface area contributed by atoms with Crippen molar-refractivity contribution in [3.05, 3.63) is 107 Å². The van der Waals surface area contributed by atoms with E-state index in [4.69, 9.17) is 21.6 Å². The molecule has 0 bridgehead atoms. The van der Waals surface area contributed by atoms with Crippen LogP contribution in [0, 0.1) is 0 Å². The fourth-order valence-electron chi connectivity index (χ4n) is 7.52. The molecule has 0 spiro atoms. The van der Waals surface area contributed by atoms with Crippen molar-refractivity contribution in [3.8, 4) is 33.8 Å². The first-order valence-electron chi connectivity index (χ1n) is 17.1. The van der Waals surface area contributed by atoms with Crippen molar-refractivity contribution in [1.29, 1.82) is 0 Å².